The zero-order valence-corrected chi connectivity index (χ0v) is 10.3. The van der Waals surface area contributed by atoms with Gasteiger partial charge >= 0.3 is 6.36 Å². The van der Waals surface area contributed by atoms with E-state index in [0.29, 0.717) is 6.07 Å². The van der Waals surface area contributed by atoms with Crippen molar-refractivity contribution >= 4 is 28.4 Å². The van der Waals surface area contributed by atoms with E-state index in [-0.39, 0.29) is 0 Å². The van der Waals surface area contributed by atoms with Crippen LogP contribution >= 0.6 is 23.2 Å². The van der Waals surface area contributed by atoms with E-state index in [1.807, 2.05) is 0 Å². The standard InChI is InChI=1S/C9H4Cl2F5NO2/c10-2-3-1-4(8(12)13)17-5(7(11)18)6(3)19-9(14,15)16/h1,8H,2H2. The van der Waals surface area contributed by atoms with Gasteiger partial charge in [-0.1, -0.05) is 0 Å². The van der Waals surface area contributed by atoms with Crippen molar-refractivity contribution in [3.8, 4) is 5.75 Å². The lowest BCUT2D eigenvalue weighted by Crippen LogP contribution is -2.20. The van der Waals surface area contributed by atoms with Crippen LogP contribution in [0.2, 0.25) is 0 Å². The minimum atomic E-state index is -5.14. The van der Waals surface area contributed by atoms with Crippen molar-refractivity contribution in [2.45, 2.75) is 18.7 Å². The van der Waals surface area contributed by atoms with Crippen molar-refractivity contribution in [1.82, 2.24) is 4.98 Å². The first kappa shape index (κ1) is 15.9. The van der Waals surface area contributed by atoms with E-state index in [1.165, 1.54) is 0 Å². The van der Waals surface area contributed by atoms with Crippen LogP contribution in [0.4, 0.5) is 22.0 Å². The third-order valence-electron chi connectivity index (χ3n) is 1.84. The lowest BCUT2D eigenvalue weighted by molar-refractivity contribution is -0.275. The summed E-state index contributed by atoms with van der Waals surface area (Å²) in [6, 6.07) is 0.613. The number of nitrogens with zero attached hydrogens (tertiary/aromatic N) is 1. The third kappa shape index (κ3) is 4.17. The van der Waals surface area contributed by atoms with Crippen molar-refractivity contribution in [1.29, 1.82) is 0 Å². The summed E-state index contributed by atoms with van der Waals surface area (Å²) in [5.74, 6) is -1.67. The first-order chi connectivity index (χ1) is 8.65. The van der Waals surface area contributed by atoms with Crippen molar-refractivity contribution < 1.29 is 31.5 Å². The number of alkyl halides is 6. The zero-order valence-electron chi connectivity index (χ0n) is 8.77. The first-order valence-electron chi connectivity index (χ1n) is 4.49. The molecular formula is C9H4Cl2F5NO2. The first-order valence-corrected chi connectivity index (χ1v) is 5.40. The van der Waals surface area contributed by atoms with E-state index >= 15 is 0 Å². The minimum Gasteiger partial charge on any atom is -0.403 e. The fourth-order valence-corrected chi connectivity index (χ4v) is 1.51. The molecule has 0 fully saturated rings. The zero-order chi connectivity index (χ0) is 14.8. The van der Waals surface area contributed by atoms with Gasteiger partial charge in [-0.05, 0) is 17.7 Å². The highest BCUT2D eigenvalue weighted by Gasteiger charge is 2.35. The summed E-state index contributed by atoms with van der Waals surface area (Å²) < 4.78 is 65.0. The molecule has 19 heavy (non-hydrogen) atoms. The van der Waals surface area contributed by atoms with Crippen LogP contribution in [-0.4, -0.2) is 16.6 Å². The molecule has 0 atom stereocenters. The predicted octanol–water partition coefficient (Wildman–Crippen LogP) is 4.04. The van der Waals surface area contributed by atoms with Gasteiger partial charge in [0.25, 0.3) is 11.7 Å². The quantitative estimate of drug-likeness (QED) is 0.477. The van der Waals surface area contributed by atoms with E-state index in [1.54, 1.807) is 0 Å². The Labute approximate surface area is 113 Å². The van der Waals surface area contributed by atoms with Gasteiger partial charge in [0.15, 0.2) is 11.4 Å². The van der Waals surface area contributed by atoms with Crippen LogP contribution in [0.15, 0.2) is 6.07 Å². The molecule has 1 rings (SSSR count). The molecule has 1 aromatic heterocycles. The highest BCUT2D eigenvalue weighted by molar-refractivity contribution is 6.67. The highest BCUT2D eigenvalue weighted by atomic mass is 35.5. The minimum absolute atomic E-state index is 0.465. The molecule has 0 N–H and O–H groups in total. The van der Waals surface area contributed by atoms with E-state index in [4.69, 9.17) is 23.2 Å². The lowest BCUT2D eigenvalue weighted by Gasteiger charge is -2.15. The molecule has 1 aromatic rings. The Morgan fingerprint density at radius 1 is 1.42 bits per heavy atom. The molecule has 3 nitrogen and oxygen atoms in total. The molecule has 1 heterocycles. The van der Waals surface area contributed by atoms with Crippen LogP contribution in [0.1, 0.15) is 28.2 Å². The van der Waals surface area contributed by atoms with Gasteiger partial charge < -0.3 is 4.74 Å². The third-order valence-corrected chi connectivity index (χ3v) is 2.31. The Morgan fingerprint density at radius 3 is 2.37 bits per heavy atom. The van der Waals surface area contributed by atoms with Crippen molar-refractivity contribution in [2.24, 2.45) is 0 Å². The van der Waals surface area contributed by atoms with Gasteiger partial charge in [-0.15, -0.1) is 24.8 Å². The molecule has 0 aliphatic rings. The topological polar surface area (TPSA) is 39.2 Å². The molecule has 106 valence electrons. The maximum atomic E-state index is 12.5. The number of hydrogen-bond acceptors (Lipinski definition) is 3. The lowest BCUT2D eigenvalue weighted by atomic mass is 10.2. The van der Waals surface area contributed by atoms with Gasteiger partial charge in [0.2, 0.25) is 0 Å². The summed E-state index contributed by atoms with van der Waals surface area (Å²) in [5.41, 5.74) is -2.45. The Balaban J connectivity index is 3.45. The average molecular weight is 324 g/mol. The number of carbonyl (C=O) groups excluding carboxylic acids is 1. The predicted molar refractivity (Wildman–Crippen MR) is 55.6 cm³/mol. The van der Waals surface area contributed by atoms with Gasteiger partial charge in [-0.25, -0.2) is 13.8 Å². The maximum absolute atomic E-state index is 12.5. The molecule has 0 amide bonds. The van der Waals surface area contributed by atoms with Crippen molar-refractivity contribution in [3.05, 3.63) is 23.0 Å². The number of halogens is 7. The number of aromatic nitrogens is 1. The van der Waals surface area contributed by atoms with Crippen LogP contribution in [0, 0.1) is 0 Å². The molecule has 0 aliphatic heterocycles. The molecule has 0 radical (unpaired) electrons. The largest absolute Gasteiger partial charge is 0.573 e. The second-order valence-electron chi connectivity index (χ2n) is 3.14. The monoisotopic (exact) mass is 323 g/mol. The van der Waals surface area contributed by atoms with E-state index in [0.717, 1.165) is 0 Å². The van der Waals surface area contributed by atoms with Crippen LogP contribution in [-0.2, 0) is 5.88 Å². The Bertz CT molecular complexity index is 492. The molecule has 0 bridgehead atoms. The molecule has 0 aliphatic carbocycles. The number of ether oxygens (including phenoxy) is 1. The van der Waals surface area contributed by atoms with Crippen LogP contribution < -0.4 is 4.74 Å². The summed E-state index contributed by atoms with van der Waals surface area (Å²) >= 11 is 10.3. The van der Waals surface area contributed by atoms with E-state index < -0.39 is 46.6 Å². The summed E-state index contributed by atoms with van der Waals surface area (Å²) in [6.07, 6.45) is -8.24. The fourth-order valence-electron chi connectivity index (χ4n) is 1.18. The molecule has 0 saturated carbocycles. The molecule has 0 spiro atoms. The van der Waals surface area contributed by atoms with Crippen molar-refractivity contribution in [2.75, 3.05) is 0 Å². The Hall–Kier alpha value is -1.15. The Kier molecular flexibility index (Phi) is 4.92. The number of pyridine rings is 1. The smallest absolute Gasteiger partial charge is 0.403 e. The number of hydrogen-bond donors (Lipinski definition) is 0. The normalized spacial score (nSPS) is 11.8. The van der Waals surface area contributed by atoms with Gasteiger partial charge in [-0.2, -0.15) is 0 Å². The second kappa shape index (κ2) is 5.87. The van der Waals surface area contributed by atoms with Gasteiger partial charge in [0, 0.05) is 5.56 Å². The molecular weight excluding hydrogens is 320 g/mol. The molecule has 0 aromatic carbocycles. The number of carbonyl (C=O) groups is 1. The van der Waals surface area contributed by atoms with Crippen LogP contribution in [0.3, 0.4) is 0 Å². The summed E-state index contributed by atoms with van der Waals surface area (Å²) in [4.78, 5) is 14.0. The van der Waals surface area contributed by atoms with Crippen molar-refractivity contribution in [3.63, 3.8) is 0 Å². The van der Waals surface area contributed by atoms with Gasteiger partial charge in [0.05, 0.1) is 5.88 Å². The van der Waals surface area contributed by atoms with Gasteiger partial charge in [-0.3, -0.25) is 4.79 Å². The summed E-state index contributed by atoms with van der Waals surface area (Å²) in [7, 11) is 0. The van der Waals surface area contributed by atoms with Gasteiger partial charge in [0.1, 0.15) is 5.69 Å². The SMILES string of the molecule is O=C(Cl)c1nc(C(F)F)cc(CCl)c1OC(F)(F)F. The van der Waals surface area contributed by atoms with Crippen LogP contribution in [0.5, 0.6) is 5.75 Å². The summed E-state index contributed by atoms with van der Waals surface area (Å²) in [5, 5.41) is -1.46. The summed E-state index contributed by atoms with van der Waals surface area (Å²) in [6.45, 7) is 0. The molecule has 0 unspecified atom stereocenters. The maximum Gasteiger partial charge on any atom is 0.573 e. The molecule has 10 heteroatoms. The fraction of sp³-hybridized carbons (Fsp3) is 0.333. The molecule has 0 saturated heterocycles. The van der Waals surface area contributed by atoms with Crippen LogP contribution in [0.25, 0.3) is 0 Å². The van der Waals surface area contributed by atoms with E-state index in [9.17, 15) is 26.7 Å². The highest BCUT2D eigenvalue weighted by Crippen LogP contribution is 2.33. The number of rotatable bonds is 4. The Morgan fingerprint density at radius 2 is 2.00 bits per heavy atom. The van der Waals surface area contributed by atoms with E-state index in [2.05, 4.69) is 9.72 Å². The second-order valence-corrected chi connectivity index (χ2v) is 3.75. The average Bonchev–Trinajstić information content (AvgIpc) is 2.26.